The van der Waals surface area contributed by atoms with Crippen LogP contribution in [0.5, 0.6) is 0 Å². The van der Waals surface area contributed by atoms with Gasteiger partial charge in [0.1, 0.15) is 0 Å². The number of aliphatic hydroxyl groups excluding tert-OH is 1. The molecule has 0 fully saturated rings. The maximum Gasteiger partial charge on any atom is 0.207 e. The summed E-state index contributed by atoms with van der Waals surface area (Å²) < 4.78 is 0. The summed E-state index contributed by atoms with van der Waals surface area (Å²) in [7, 11) is 0. The second kappa shape index (κ2) is 6.87. The van der Waals surface area contributed by atoms with Crippen LogP contribution in [0.25, 0.3) is 0 Å². The molecule has 0 saturated carbocycles. The highest BCUT2D eigenvalue weighted by atomic mass is 16.3. The molecule has 0 aliphatic heterocycles. The van der Waals surface area contributed by atoms with Crippen LogP contribution in [0.4, 0.5) is 0 Å². The van der Waals surface area contributed by atoms with E-state index in [1.165, 1.54) is 0 Å². The van der Waals surface area contributed by atoms with Crippen LogP contribution in [0.3, 0.4) is 0 Å². The molecular formula is C17H19NO2. The first-order chi connectivity index (χ1) is 9.83. The van der Waals surface area contributed by atoms with Crippen LogP contribution in [-0.2, 0) is 10.2 Å². The summed E-state index contributed by atoms with van der Waals surface area (Å²) in [6, 6.07) is 20.0. The zero-order valence-corrected chi connectivity index (χ0v) is 11.3. The van der Waals surface area contributed by atoms with E-state index in [-0.39, 0.29) is 6.61 Å². The minimum Gasteiger partial charge on any atom is -0.396 e. The fourth-order valence-corrected chi connectivity index (χ4v) is 2.67. The molecule has 3 heteroatoms. The quantitative estimate of drug-likeness (QED) is 0.756. The first-order valence-electron chi connectivity index (χ1n) is 6.72. The van der Waals surface area contributed by atoms with E-state index in [0.29, 0.717) is 19.4 Å². The molecule has 2 rings (SSSR count). The Hall–Kier alpha value is -2.13. The molecule has 2 aromatic rings. The molecule has 0 radical (unpaired) electrons. The van der Waals surface area contributed by atoms with Crippen molar-refractivity contribution >= 4 is 6.41 Å². The van der Waals surface area contributed by atoms with Crippen molar-refractivity contribution < 1.29 is 9.90 Å². The van der Waals surface area contributed by atoms with E-state index in [1.807, 2.05) is 60.7 Å². The van der Waals surface area contributed by atoms with Gasteiger partial charge in [-0.1, -0.05) is 60.7 Å². The number of rotatable bonds is 7. The third kappa shape index (κ3) is 2.89. The highest BCUT2D eigenvalue weighted by molar-refractivity contribution is 5.48. The molecule has 104 valence electrons. The Kier molecular flexibility index (Phi) is 4.91. The Bertz CT molecular complexity index is 486. The van der Waals surface area contributed by atoms with Crippen molar-refractivity contribution in [3.8, 4) is 0 Å². The van der Waals surface area contributed by atoms with Gasteiger partial charge in [0.2, 0.25) is 6.41 Å². The van der Waals surface area contributed by atoms with Gasteiger partial charge in [-0.15, -0.1) is 0 Å². The summed E-state index contributed by atoms with van der Waals surface area (Å²) >= 11 is 0. The molecule has 0 bridgehead atoms. The number of amides is 1. The average Bonchev–Trinajstić information content (AvgIpc) is 2.53. The van der Waals surface area contributed by atoms with Crippen LogP contribution in [0.2, 0.25) is 0 Å². The van der Waals surface area contributed by atoms with E-state index in [2.05, 4.69) is 5.32 Å². The van der Waals surface area contributed by atoms with Crippen molar-refractivity contribution in [3.05, 3.63) is 71.8 Å². The highest BCUT2D eigenvalue weighted by Gasteiger charge is 2.33. The van der Waals surface area contributed by atoms with Crippen molar-refractivity contribution in [2.45, 2.75) is 11.8 Å². The Morgan fingerprint density at radius 3 is 1.85 bits per heavy atom. The maximum atomic E-state index is 10.7. The van der Waals surface area contributed by atoms with Crippen molar-refractivity contribution in [3.63, 3.8) is 0 Å². The van der Waals surface area contributed by atoms with E-state index in [1.54, 1.807) is 0 Å². The average molecular weight is 269 g/mol. The summed E-state index contributed by atoms with van der Waals surface area (Å²) in [5.74, 6) is 0. The zero-order valence-electron chi connectivity index (χ0n) is 11.3. The molecule has 2 N–H and O–H groups in total. The molecule has 0 aliphatic rings. The van der Waals surface area contributed by atoms with Crippen LogP contribution in [0, 0.1) is 0 Å². The Labute approximate surface area is 119 Å². The van der Waals surface area contributed by atoms with E-state index in [4.69, 9.17) is 0 Å². The molecule has 3 nitrogen and oxygen atoms in total. The molecule has 0 aromatic heterocycles. The second-order valence-corrected chi connectivity index (χ2v) is 4.79. The molecule has 0 atom stereocenters. The minimum absolute atomic E-state index is 0.0598. The van der Waals surface area contributed by atoms with Gasteiger partial charge in [0.05, 0.1) is 0 Å². The summed E-state index contributed by atoms with van der Waals surface area (Å²) in [5.41, 5.74) is 1.78. The van der Waals surface area contributed by atoms with Gasteiger partial charge in [0.25, 0.3) is 0 Å². The smallest absolute Gasteiger partial charge is 0.207 e. The van der Waals surface area contributed by atoms with Gasteiger partial charge in [-0.2, -0.15) is 0 Å². The molecule has 0 spiro atoms. The molecule has 20 heavy (non-hydrogen) atoms. The van der Waals surface area contributed by atoms with Gasteiger partial charge in [-0.3, -0.25) is 4.79 Å². The standard InChI is InChI=1S/C17H19NO2/c19-12-11-17(13-18-14-20,15-7-3-1-4-8-15)16-9-5-2-6-10-16/h1-10,14,19H,11-13H2,(H,18,20). The number of aliphatic hydroxyl groups is 1. The lowest BCUT2D eigenvalue weighted by Crippen LogP contribution is -2.39. The van der Waals surface area contributed by atoms with Gasteiger partial charge in [-0.25, -0.2) is 0 Å². The number of carbonyl (C=O) groups excluding carboxylic acids is 1. The molecule has 2 aromatic carbocycles. The topological polar surface area (TPSA) is 49.3 Å². The highest BCUT2D eigenvalue weighted by Crippen LogP contribution is 2.34. The van der Waals surface area contributed by atoms with Crippen molar-refractivity contribution in [2.24, 2.45) is 0 Å². The lowest BCUT2D eigenvalue weighted by molar-refractivity contribution is -0.109. The SMILES string of the molecule is O=CNCC(CCO)(c1ccccc1)c1ccccc1. The van der Waals surface area contributed by atoms with E-state index in [0.717, 1.165) is 11.1 Å². The number of hydrogen-bond donors (Lipinski definition) is 2. The van der Waals surface area contributed by atoms with Crippen LogP contribution >= 0.6 is 0 Å². The Morgan fingerprint density at radius 1 is 0.950 bits per heavy atom. The summed E-state index contributed by atoms with van der Waals surface area (Å²) in [6.45, 7) is 0.523. The van der Waals surface area contributed by atoms with E-state index in [9.17, 15) is 9.90 Å². The third-order valence-electron chi connectivity index (χ3n) is 3.68. The van der Waals surface area contributed by atoms with Gasteiger partial charge < -0.3 is 10.4 Å². The number of hydrogen-bond acceptors (Lipinski definition) is 2. The molecule has 0 saturated heterocycles. The van der Waals surface area contributed by atoms with Crippen LogP contribution in [0.15, 0.2) is 60.7 Å². The number of carbonyl (C=O) groups is 1. The first-order valence-corrected chi connectivity index (χ1v) is 6.72. The van der Waals surface area contributed by atoms with Crippen molar-refractivity contribution in [1.29, 1.82) is 0 Å². The summed E-state index contributed by atoms with van der Waals surface area (Å²) in [4.78, 5) is 10.7. The molecule has 1 amide bonds. The van der Waals surface area contributed by atoms with Crippen molar-refractivity contribution in [1.82, 2.24) is 5.32 Å². The predicted octanol–water partition coefficient (Wildman–Crippen LogP) is 2.10. The molecule has 0 unspecified atom stereocenters. The van der Waals surface area contributed by atoms with E-state index >= 15 is 0 Å². The fourth-order valence-electron chi connectivity index (χ4n) is 2.67. The minimum atomic E-state index is -0.405. The van der Waals surface area contributed by atoms with E-state index < -0.39 is 5.41 Å². The second-order valence-electron chi connectivity index (χ2n) is 4.79. The van der Waals surface area contributed by atoms with Crippen LogP contribution in [0.1, 0.15) is 17.5 Å². The third-order valence-corrected chi connectivity index (χ3v) is 3.68. The van der Waals surface area contributed by atoms with Gasteiger partial charge in [-0.05, 0) is 17.5 Å². The number of benzene rings is 2. The maximum absolute atomic E-state index is 10.7. The Balaban J connectivity index is 2.52. The normalized spacial score (nSPS) is 11.1. The van der Waals surface area contributed by atoms with Gasteiger partial charge in [0, 0.05) is 18.6 Å². The number of nitrogens with one attached hydrogen (secondary N) is 1. The Morgan fingerprint density at radius 2 is 1.45 bits per heavy atom. The predicted molar refractivity (Wildman–Crippen MR) is 79.4 cm³/mol. The van der Waals surface area contributed by atoms with Gasteiger partial charge in [0.15, 0.2) is 0 Å². The van der Waals surface area contributed by atoms with Crippen LogP contribution < -0.4 is 5.32 Å². The monoisotopic (exact) mass is 269 g/mol. The van der Waals surface area contributed by atoms with Crippen molar-refractivity contribution in [2.75, 3.05) is 13.2 Å². The fraction of sp³-hybridized carbons (Fsp3) is 0.235. The largest absolute Gasteiger partial charge is 0.396 e. The molecule has 0 aliphatic carbocycles. The lowest BCUT2D eigenvalue weighted by Gasteiger charge is -2.34. The summed E-state index contributed by atoms with van der Waals surface area (Å²) in [6.07, 6.45) is 1.26. The van der Waals surface area contributed by atoms with Crippen LogP contribution in [-0.4, -0.2) is 24.7 Å². The lowest BCUT2D eigenvalue weighted by atomic mass is 9.72. The summed E-state index contributed by atoms with van der Waals surface area (Å²) in [5, 5.41) is 12.3. The first kappa shape index (κ1) is 14.3. The van der Waals surface area contributed by atoms with Gasteiger partial charge >= 0.3 is 0 Å². The molecule has 0 heterocycles. The molecular weight excluding hydrogens is 250 g/mol. The zero-order chi connectivity index (χ0) is 14.3.